The minimum Gasteiger partial charge on any atom is -0.193 e. The first kappa shape index (κ1) is 13.2. The maximum Gasteiger partial charge on any atom is 0.0940 e. The summed E-state index contributed by atoms with van der Waals surface area (Å²) in [5, 5.41) is 9.14. The van der Waals surface area contributed by atoms with Gasteiger partial charge < -0.3 is 0 Å². The second-order valence-corrected chi connectivity index (χ2v) is 7.19. The van der Waals surface area contributed by atoms with Crippen LogP contribution in [0.2, 0.25) is 0 Å². The summed E-state index contributed by atoms with van der Waals surface area (Å²) in [5.74, 6) is 4.47. The highest BCUT2D eigenvalue weighted by atomic mass is 14.5. The van der Waals surface area contributed by atoms with Crippen LogP contribution in [0.4, 0.5) is 0 Å². The SMILES string of the molecule is C/C(C#N)=C\C1C2CCCCC2CC2CCCCC21. The molecule has 4 unspecified atom stereocenters. The molecule has 0 spiro atoms. The first-order chi connectivity index (χ1) is 9.29. The van der Waals surface area contributed by atoms with Gasteiger partial charge >= 0.3 is 0 Å². The molecular formula is C18H27N. The van der Waals surface area contributed by atoms with Crippen LogP contribution in [0.3, 0.4) is 0 Å². The number of rotatable bonds is 1. The fourth-order valence-electron chi connectivity index (χ4n) is 5.35. The van der Waals surface area contributed by atoms with Crippen LogP contribution < -0.4 is 0 Å². The summed E-state index contributed by atoms with van der Waals surface area (Å²) in [5.41, 5.74) is 0.959. The Morgan fingerprint density at radius 1 is 0.947 bits per heavy atom. The number of nitrogens with zero attached hydrogens (tertiary/aromatic N) is 1. The zero-order chi connectivity index (χ0) is 13.2. The molecule has 1 nitrogen and oxygen atoms in total. The van der Waals surface area contributed by atoms with Gasteiger partial charge in [-0.05, 0) is 55.8 Å². The van der Waals surface area contributed by atoms with E-state index in [9.17, 15) is 0 Å². The molecule has 0 saturated heterocycles. The standard InChI is InChI=1S/C18H27N/c1-13(12-19)10-18-16-8-4-2-6-14(16)11-15-7-3-5-9-17(15)18/h10,14-18H,2-9,11H2,1H3/b13-10+. The Balaban J connectivity index is 1.87. The Morgan fingerprint density at radius 2 is 1.47 bits per heavy atom. The van der Waals surface area contributed by atoms with Crippen molar-refractivity contribution in [3.63, 3.8) is 0 Å². The van der Waals surface area contributed by atoms with Crippen LogP contribution in [-0.4, -0.2) is 0 Å². The minimum absolute atomic E-state index is 0.726. The van der Waals surface area contributed by atoms with Crippen molar-refractivity contribution in [1.29, 1.82) is 5.26 Å². The van der Waals surface area contributed by atoms with Crippen molar-refractivity contribution in [2.45, 2.75) is 64.7 Å². The van der Waals surface area contributed by atoms with E-state index in [-0.39, 0.29) is 0 Å². The molecule has 3 rings (SSSR count). The van der Waals surface area contributed by atoms with Crippen LogP contribution >= 0.6 is 0 Å². The van der Waals surface area contributed by atoms with Crippen LogP contribution in [0.25, 0.3) is 0 Å². The zero-order valence-electron chi connectivity index (χ0n) is 12.3. The molecule has 0 radical (unpaired) electrons. The lowest BCUT2D eigenvalue weighted by molar-refractivity contribution is 0.0114. The van der Waals surface area contributed by atoms with Crippen molar-refractivity contribution in [3.05, 3.63) is 11.6 Å². The lowest BCUT2D eigenvalue weighted by Gasteiger charge is -2.50. The molecule has 104 valence electrons. The third kappa shape index (κ3) is 2.60. The normalized spacial score (nSPS) is 42.9. The first-order valence-corrected chi connectivity index (χ1v) is 8.38. The molecule has 3 fully saturated rings. The maximum absolute atomic E-state index is 9.14. The summed E-state index contributed by atoms with van der Waals surface area (Å²) >= 11 is 0. The summed E-state index contributed by atoms with van der Waals surface area (Å²) < 4.78 is 0. The molecule has 0 heterocycles. The molecule has 0 amide bonds. The van der Waals surface area contributed by atoms with Crippen LogP contribution in [0.1, 0.15) is 64.7 Å². The number of hydrogen-bond donors (Lipinski definition) is 0. The molecule has 0 N–H and O–H groups in total. The van der Waals surface area contributed by atoms with E-state index in [1.165, 1.54) is 57.8 Å². The largest absolute Gasteiger partial charge is 0.193 e. The van der Waals surface area contributed by atoms with Gasteiger partial charge in [0.2, 0.25) is 0 Å². The third-order valence-electron chi connectivity index (χ3n) is 6.15. The molecule has 0 aliphatic heterocycles. The van der Waals surface area contributed by atoms with Gasteiger partial charge in [-0.2, -0.15) is 5.26 Å². The van der Waals surface area contributed by atoms with Crippen molar-refractivity contribution in [3.8, 4) is 6.07 Å². The molecule has 4 atom stereocenters. The highest BCUT2D eigenvalue weighted by molar-refractivity contribution is 5.20. The molecular weight excluding hydrogens is 230 g/mol. The predicted molar refractivity (Wildman–Crippen MR) is 78.4 cm³/mol. The van der Waals surface area contributed by atoms with Crippen molar-refractivity contribution < 1.29 is 0 Å². The highest BCUT2D eigenvalue weighted by Gasteiger charge is 2.44. The van der Waals surface area contributed by atoms with Crippen LogP contribution in [0.15, 0.2) is 11.6 Å². The Hall–Kier alpha value is -0.770. The van der Waals surface area contributed by atoms with E-state index in [2.05, 4.69) is 12.1 Å². The lowest BCUT2D eigenvalue weighted by atomic mass is 9.54. The third-order valence-corrected chi connectivity index (χ3v) is 6.15. The average molecular weight is 257 g/mol. The van der Waals surface area contributed by atoms with Gasteiger partial charge in [0.05, 0.1) is 6.07 Å². The monoisotopic (exact) mass is 257 g/mol. The summed E-state index contributed by atoms with van der Waals surface area (Å²) in [6.07, 6.45) is 15.4. The fourth-order valence-corrected chi connectivity index (χ4v) is 5.35. The number of fused-ring (bicyclic) bond motifs is 2. The first-order valence-electron chi connectivity index (χ1n) is 8.38. The van der Waals surface area contributed by atoms with E-state index >= 15 is 0 Å². The number of nitriles is 1. The number of hydrogen-bond acceptors (Lipinski definition) is 1. The Bertz CT molecular complexity index is 367. The van der Waals surface area contributed by atoms with Gasteiger partial charge in [-0.25, -0.2) is 0 Å². The second kappa shape index (κ2) is 5.70. The quantitative estimate of drug-likeness (QED) is 0.600. The smallest absolute Gasteiger partial charge is 0.0940 e. The molecule has 3 saturated carbocycles. The van der Waals surface area contributed by atoms with Crippen molar-refractivity contribution >= 4 is 0 Å². The molecule has 1 heteroatoms. The molecule has 3 aliphatic rings. The van der Waals surface area contributed by atoms with E-state index in [1.54, 1.807) is 0 Å². The van der Waals surface area contributed by atoms with E-state index in [4.69, 9.17) is 5.26 Å². The lowest BCUT2D eigenvalue weighted by Crippen LogP contribution is -2.42. The van der Waals surface area contributed by atoms with Crippen LogP contribution in [0, 0.1) is 40.9 Å². The highest BCUT2D eigenvalue weighted by Crippen LogP contribution is 2.53. The van der Waals surface area contributed by atoms with Crippen molar-refractivity contribution in [1.82, 2.24) is 0 Å². The summed E-state index contributed by atoms with van der Waals surface area (Å²) in [6.45, 7) is 2.00. The molecule has 0 aromatic heterocycles. The summed E-state index contributed by atoms with van der Waals surface area (Å²) in [4.78, 5) is 0. The van der Waals surface area contributed by atoms with Crippen molar-refractivity contribution in [2.75, 3.05) is 0 Å². The summed E-state index contributed by atoms with van der Waals surface area (Å²) in [6, 6.07) is 2.36. The fraction of sp³-hybridized carbons (Fsp3) is 0.833. The van der Waals surface area contributed by atoms with E-state index in [0.29, 0.717) is 0 Å². The van der Waals surface area contributed by atoms with Gasteiger partial charge in [-0.1, -0.05) is 44.6 Å². The zero-order valence-corrected chi connectivity index (χ0v) is 12.3. The molecule has 0 aromatic rings. The maximum atomic E-state index is 9.14. The molecule has 0 bridgehead atoms. The van der Waals surface area contributed by atoms with Gasteiger partial charge in [-0.3, -0.25) is 0 Å². The van der Waals surface area contributed by atoms with E-state index in [1.807, 2.05) is 6.92 Å². The molecule has 3 aliphatic carbocycles. The Kier molecular flexibility index (Phi) is 3.96. The Morgan fingerprint density at radius 3 is 2.00 bits per heavy atom. The molecule has 19 heavy (non-hydrogen) atoms. The van der Waals surface area contributed by atoms with Gasteiger partial charge in [0, 0.05) is 5.57 Å². The average Bonchev–Trinajstić information content (AvgIpc) is 2.46. The second-order valence-electron chi connectivity index (χ2n) is 7.19. The number of allylic oxidation sites excluding steroid dienone is 2. The van der Waals surface area contributed by atoms with Gasteiger partial charge in [0.25, 0.3) is 0 Å². The van der Waals surface area contributed by atoms with Gasteiger partial charge in [-0.15, -0.1) is 0 Å². The van der Waals surface area contributed by atoms with Gasteiger partial charge in [0.1, 0.15) is 0 Å². The van der Waals surface area contributed by atoms with E-state index in [0.717, 1.165) is 35.2 Å². The van der Waals surface area contributed by atoms with Crippen LogP contribution in [0.5, 0.6) is 0 Å². The predicted octanol–water partition coefficient (Wildman–Crippen LogP) is 5.09. The summed E-state index contributed by atoms with van der Waals surface area (Å²) in [7, 11) is 0. The molecule has 0 aromatic carbocycles. The van der Waals surface area contributed by atoms with E-state index < -0.39 is 0 Å². The van der Waals surface area contributed by atoms with Gasteiger partial charge in [0.15, 0.2) is 0 Å². The minimum atomic E-state index is 0.726. The topological polar surface area (TPSA) is 23.8 Å². The van der Waals surface area contributed by atoms with Crippen LogP contribution in [-0.2, 0) is 0 Å². The Labute approximate surface area is 118 Å². The van der Waals surface area contributed by atoms with Crippen molar-refractivity contribution in [2.24, 2.45) is 29.6 Å².